The normalized spacial score (nSPS) is 21.3. The number of hydrogen-bond acceptors (Lipinski definition) is 4. The molecule has 0 radical (unpaired) electrons. The van der Waals surface area contributed by atoms with E-state index in [0.717, 1.165) is 13.1 Å². The first-order valence-electron chi connectivity index (χ1n) is 6.71. The molecule has 2 aliphatic rings. The van der Waals surface area contributed by atoms with Gasteiger partial charge in [-0.05, 0) is 12.8 Å². The van der Waals surface area contributed by atoms with Gasteiger partial charge in [0.05, 0.1) is 6.42 Å². The maximum absolute atomic E-state index is 11.9. The lowest BCUT2D eigenvalue weighted by Gasteiger charge is -2.35. The second-order valence-corrected chi connectivity index (χ2v) is 5.19. The number of amides is 2. The topological polar surface area (TPSA) is 110 Å². The lowest BCUT2D eigenvalue weighted by molar-refractivity contribution is -0.145. The summed E-state index contributed by atoms with van der Waals surface area (Å²) in [5.41, 5.74) is 0. The maximum Gasteiger partial charge on any atom is 0.326 e. The van der Waals surface area contributed by atoms with Crippen LogP contribution in [0.5, 0.6) is 0 Å². The van der Waals surface area contributed by atoms with Crippen molar-refractivity contribution in [3.8, 4) is 0 Å². The molecule has 0 bridgehead atoms. The molecular formula is C12H19N3O5. The molecule has 0 aromatic carbocycles. The first kappa shape index (κ1) is 14.6. The Morgan fingerprint density at radius 3 is 2.15 bits per heavy atom. The Labute approximate surface area is 116 Å². The highest BCUT2D eigenvalue weighted by Gasteiger charge is 2.33. The number of hydrogen-bond donors (Lipinski definition) is 3. The summed E-state index contributed by atoms with van der Waals surface area (Å²) in [6, 6.07) is -1.24. The number of carboxylic acids is 2. The van der Waals surface area contributed by atoms with E-state index in [-0.39, 0.29) is 0 Å². The minimum Gasteiger partial charge on any atom is -0.481 e. The zero-order chi connectivity index (χ0) is 14.7. The average Bonchev–Trinajstić information content (AvgIpc) is 3.21. The van der Waals surface area contributed by atoms with Gasteiger partial charge in [-0.3, -0.25) is 9.69 Å². The van der Waals surface area contributed by atoms with Gasteiger partial charge in [0.15, 0.2) is 0 Å². The van der Waals surface area contributed by atoms with E-state index in [1.54, 1.807) is 0 Å². The number of carbonyl (C=O) groups is 3. The van der Waals surface area contributed by atoms with Crippen LogP contribution < -0.4 is 5.32 Å². The standard InChI is InChI=1S/C12H19N3O5/c16-10(17)7-9(11(18)19)13-12(20)15-5-3-14(4-6-15)8-1-2-8/h8-9H,1-7H2,(H,13,20)(H,16,17)(H,18,19). The van der Waals surface area contributed by atoms with E-state index in [2.05, 4.69) is 10.2 Å². The molecule has 3 N–H and O–H groups in total. The number of urea groups is 1. The van der Waals surface area contributed by atoms with E-state index >= 15 is 0 Å². The molecule has 1 heterocycles. The Kier molecular flexibility index (Phi) is 4.43. The summed E-state index contributed by atoms with van der Waals surface area (Å²) in [6.45, 7) is 2.66. The number of nitrogens with one attached hydrogen (secondary N) is 1. The van der Waals surface area contributed by atoms with Gasteiger partial charge in [-0.2, -0.15) is 0 Å². The van der Waals surface area contributed by atoms with E-state index in [1.807, 2.05) is 0 Å². The number of carbonyl (C=O) groups excluding carboxylic acids is 1. The Morgan fingerprint density at radius 2 is 1.70 bits per heavy atom. The summed E-state index contributed by atoms with van der Waals surface area (Å²) >= 11 is 0. The molecule has 1 saturated heterocycles. The molecule has 8 heteroatoms. The maximum atomic E-state index is 11.9. The van der Waals surface area contributed by atoms with Crippen LogP contribution >= 0.6 is 0 Å². The van der Waals surface area contributed by atoms with Crippen molar-refractivity contribution >= 4 is 18.0 Å². The molecule has 2 rings (SSSR count). The summed E-state index contributed by atoms with van der Waals surface area (Å²) in [6.07, 6.45) is 1.81. The van der Waals surface area contributed by atoms with Gasteiger partial charge in [-0.25, -0.2) is 9.59 Å². The van der Waals surface area contributed by atoms with Crippen molar-refractivity contribution in [1.29, 1.82) is 0 Å². The number of carboxylic acid groups (broad SMARTS) is 2. The van der Waals surface area contributed by atoms with Crippen LogP contribution in [0.2, 0.25) is 0 Å². The van der Waals surface area contributed by atoms with Crippen molar-refractivity contribution in [2.45, 2.75) is 31.3 Å². The van der Waals surface area contributed by atoms with E-state index < -0.39 is 30.4 Å². The second kappa shape index (κ2) is 6.08. The molecule has 1 saturated carbocycles. The first-order valence-corrected chi connectivity index (χ1v) is 6.71. The highest BCUT2D eigenvalue weighted by atomic mass is 16.4. The van der Waals surface area contributed by atoms with Gasteiger partial charge in [0.25, 0.3) is 0 Å². The van der Waals surface area contributed by atoms with Gasteiger partial charge in [-0.1, -0.05) is 0 Å². The van der Waals surface area contributed by atoms with Crippen molar-refractivity contribution in [1.82, 2.24) is 15.1 Å². The number of rotatable bonds is 5. The summed E-state index contributed by atoms with van der Waals surface area (Å²) in [4.78, 5) is 37.3. The molecule has 1 atom stereocenters. The van der Waals surface area contributed by atoms with Gasteiger partial charge >= 0.3 is 18.0 Å². The van der Waals surface area contributed by atoms with Crippen LogP contribution in [0.25, 0.3) is 0 Å². The molecule has 1 unspecified atom stereocenters. The first-order chi connectivity index (χ1) is 9.47. The van der Waals surface area contributed by atoms with Gasteiger partial charge in [-0.15, -0.1) is 0 Å². The molecule has 2 amide bonds. The fraction of sp³-hybridized carbons (Fsp3) is 0.750. The smallest absolute Gasteiger partial charge is 0.326 e. The van der Waals surface area contributed by atoms with Crippen molar-refractivity contribution in [2.75, 3.05) is 26.2 Å². The number of aliphatic carboxylic acids is 2. The van der Waals surface area contributed by atoms with Gasteiger partial charge in [0.2, 0.25) is 0 Å². The van der Waals surface area contributed by atoms with Crippen LogP contribution in [-0.2, 0) is 9.59 Å². The average molecular weight is 285 g/mol. The van der Waals surface area contributed by atoms with Gasteiger partial charge in [0.1, 0.15) is 6.04 Å². The van der Waals surface area contributed by atoms with Crippen molar-refractivity contribution in [2.24, 2.45) is 0 Å². The minimum absolute atomic E-state index is 0.505. The Balaban J connectivity index is 1.81. The van der Waals surface area contributed by atoms with Crippen molar-refractivity contribution < 1.29 is 24.6 Å². The minimum atomic E-state index is -1.39. The Morgan fingerprint density at radius 1 is 1.10 bits per heavy atom. The Bertz CT molecular complexity index is 402. The zero-order valence-electron chi connectivity index (χ0n) is 11.1. The third kappa shape index (κ3) is 3.83. The summed E-state index contributed by atoms with van der Waals surface area (Å²) in [5, 5.41) is 19.8. The lowest BCUT2D eigenvalue weighted by atomic mass is 10.2. The molecule has 2 fully saturated rings. The molecule has 0 spiro atoms. The molecule has 0 aromatic rings. The molecule has 8 nitrogen and oxygen atoms in total. The SMILES string of the molecule is O=C(O)CC(NC(=O)N1CCN(C2CC2)CC1)C(=O)O. The van der Waals surface area contributed by atoms with E-state index in [9.17, 15) is 14.4 Å². The number of nitrogens with zero attached hydrogens (tertiary/aromatic N) is 2. The van der Waals surface area contributed by atoms with Crippen molar-refractivity contribution in [3.05, 3.63) is 0 Å². The molecule has 0 aromatic heterocycles. The highest BCUT2D eigenvalue weighted by Crippen LogP contribution is 2.27. The van der Waals surface area contributed by atoms with Crippen LogP contribution in [0.3, 0.4) is 0 Å². The third-order valence-electron chi connectivity index (χ3n) is 3.64. The third-order valence-corrected chi connectivity index (χ3v) is 3.64. The summed E-state index contributed by atoms with van der Waals surface area (Å²) < 4.78 is 0. The quantitative estimate of drug-likeness (QED) is 0.622. The largest absolute Gasteiger partial charge is 0.481 e. The highest BCUT2D eigenvalue weighted by molar-refractivity contribution is 5.86. The fourth-order valence-corrected chi connectivity index (χ4v) is 2.34. The second-order valence-electron chi connectivity index (χ2n) is 5.19. The molecule has 20 heavy (non-hydrogen) atoms. The molecular weight excluding hydrogens is 266 g/mol. The van der Waals surface area contributed by atoms with E-state index in [0.29, 0.717) is 19.1 Å². The van der Waals surface area contributed by atoms with E-state index in [4.69, 9.17) is 10.2 Å². The van der Waals surface area contributed by atoms with Crippen LogP contribution in [0, 0.1) is 0 Å². The van der Waals surface area contributed by atoms with Crippen LogP contribution in [0.15, 0.2) is 0 Å². The van der Waals surface area contributed by atoms with Crippen LogP contribution in [0.4, 0.5) is 4.79 Å². The molecule has 1 aliphatic heterocycles. The van der Waals surface area contributed by atoms with Gasteiger partial charge < -0.3 is 20.4 Å². The van der Waals surface area contributed by atoms with Crippen molar-refractivity contribution in [3.63, 3.8) is 0 Å². The van der Waals surface area contributed by atoms with Crippen LogP contribution in [0.1, 0.15) is 19.3 Å². The zero-order valence-corrected chi connectivity index (χ0v) is 11.1. The molecule has 1 aliphatic carbocycles. The number of piperazine rings is 1. The van der Waals surface area contributed by atoms with Gasteiger partial charge in [0, 0.05) is 32.2 Å². The summed E-state index contributed by atoms with van der Waals surface area (Å²) in [7, 11) is 0. The predicted octanol–water partition coefficient (Wildman–Crippen LogP) is -0.596. The van der Waals surface area contributed by atoms with E-state index in [1.165, 1.54) is 17.7 Å². The van der Waals surface area contributed by atoms with Crippen LogP contribution in [-0.4, -0.2) is 76.2 Å². The Hall–Kier alpha value is -1.83. The monoisotopic (exact) mass is 285 g/mol. The fourth-order valence-electron chi connectivity index (χ4n) is 2.34. The summed E-state index contributed by atoms with van der Waals surface area (Å²) in [5.74, 6) is -2.59. The lowest BCUT2D eigenvalue weighted by Crippen LogP contribution is -2.55. The molecule has 112 valence electrons. The predicted molar refractivity (Wildman–Crippen MR) is 68.4 cm³/mol.